The van der Waals surface area contributed by atoms with E-state index in [9.17, 15) is 19.2 Å². The molecule has 3 aromatic rings. The quantitative estimate of drug-likeness (QED) is 0.500. The van der Waals surface area contributed by atoms with Crippen LogP contribution in [-0.2, 0) is 14.2 Å². The van der Waals surface area contributed by atoms with E-state index in [0.717, 1.165) is 4.57 Å². The standard InChI is InChI=1S/C26H25FN2O7/c1-16-13-29(25(33)28-21(16)30)22-20(27)26(2,15-35-24(32)18-11-7-4-8-12-18)19(36-22)14-34-23(31)17-9-5-3-6-10-17/h3-13,19-20,22H,14-15H2,1-2H3,(H,28,30,33)/t19-,20+,22-,26-/m1/s1. The number of carbonyl (C=O) groups is 2. The van der Waals surface area contributed by atoms with Gasteiger partial charge in [-0.25, -0.2) is 18.8 Å². The third-order valence-electron chi connectivity index (χ3n) is 6.24. The van der Waals surface area contributed by atoms with Crippen LogP contribution in [0.1, 0.15) is 39.4 Å². The number of rotatable bonds is 7. The summed E-state index contributed by atoms with van der Waals surface area (Å²) in [5.41, 5.74) is -2.18. The molecule has 9 nitrogen and oxygen atoms in total. The summed E-state index contributed by atoms with van der Waals surface area (Å²) in [7, 11) is 0. The molecule has 36 heavy (non-hydrogen) atoms. The Morgan fingerprint density at radius 3 is 2.14 bits per heavy atom. The van der Waals surface area contributed by atoms with E-state index in [4.69, 9.17) is 14.2 Å². The number of nitrogens with one attached hydrogen (secondary N) is 1. The minimum Gasteiger partial charge on any atom is -0.461 e. The Balaban J connectivity index is 1.59. The Hall–Kier alpha value is -4.05. The van der Waals surface area contributed by atoms with Crippen LogP contribution in [0.5, 0.6) is 0 Å². The number of ether oxygens (including phenoxy) is 3. The van der Waals surface area contributed by atoms with Crippen LogP contribution in [0, 0.1) is 12.3 Å². The largest absolute Gasteiger partial charge is 0.461 e. The smallest absolute Gasteiger partial charge is 0.338 e. The second-order valence-electron chi connectivity index (χ2n) is 8.81. The van der Waals surface area contributed by atoms with E-state index < -0.39 is 53.7 Å². The summed E-state index contributed by atoms with van der Waals surface area (Å²) in [5, 5.41) is 0. The van der Waals surface area contributed by atoms with E-state index >= 15 is 4.39 Å². The van der Waals surface area contributed by atoms with Gasteiger partial charge in [0.2, 0.25) is 0 Å². The third kappa shape index (κ3) is 4.99. The van der Waals surface area contributed by atoms with Gasteiger partial charge in [-0.15, -0.1) is 0 Å². The summed E-state index contributed by atoms with van der Waals surface area (Å²) in [6.45, 7) is 2.18. The summed E-state index contributed by atoms with van der Waals surface area (Å²) in [4.78, 5) is 51.4. The number of hydrogen-bond acceptors (Lipinski definition) is 7. The molecule has 0 aliphatic carbocycles. The zero-order valence-electron chi connectivity index (χ0n) is 19.7. The number of esters is 2. The van der Waals surface area contributed by atoms with E-state index in [1.54, 1.807) is 60.7 Å². The van der Waals surface area contributed by atoms with Crippen LogP contribution in [0.2, 0.25) is 0 Å². The molecule has 1 N–H and O–H groups in total. The first-order valence-electron chi connectivity index (χ1n) is 11.3. The first-order valence-corrected chi connectivity index (χ1v) is 11.3. The first kappa shape index (κ1) is 25.1. The van der Waals surface area contributed by atoms with Crippen molar-refractivity contribution < 1.29 is 28.2 Å². The fourth-order valence-corrected chi connectivity index (χ4v) is 3.97. The molecular formula is C26H25FN2O7. The molecule has 0 amide bonds. The number of carbonyl (C=O) groups excluding carboxylic acids is 2. The molecule has 1 saturated heterocycles. The van der Waals surface area contributed by atoms with Crippen molar-refractivity contribution in [3.05, 3.63) is 104 Å². The lowest BCUT2D eigenvalue weighted by molar-refractivity contribution is -0.0635. The van der Waals surface area contributed by atoms with Crippen molar-refractivity contribution in [1.29, 1.82) is 0 Å². The summed E-state index contributed by atoms with van der Waals surface area (Å²) in [5.74, 6) is -1.30. The van der Waals surface area contributed by atoms with Crippen LogP contribution < -0.4 is 11.2 Å². The van der Waals surface area contributed by atoms with Crippen LogP contribution in [0.3, 0.4) is 0 Å². The van der Waals surface area contributed by atoms with Crippen molar-refractivity contribution in [3.8, 4) is 0 Å². The summed E-state index contributed by atoms with van der Waals surface area (Å²) >= 11 is 0. The van der Waals surface area contributed by atoms with Crippen LogP contribution >= 0.6 is 0 Å². The number of alkyl halides is 1. The highest BCUT2D eigenvalue weighted by molar-refractivity contribution is 5.89. The van der Waals surface area contributed by atoms with Crippen molar-refractivity contribution in [2.75, 3.05) is 13.2 Å². The molecule has 0 spiro atoms. The lowest BCUT2D eigenvalue weighted by Gasteiger charge is -2.30. The maximum atomic E-state index is 16.0. The number of aryl methyl sites for hydroxylation is 1. The predicted octanol–water partition coefficient (Wildman–Crippen LogP) is 2.80. The van der Waals surface area contributed by atoms with Crippen molar-refractivity contribution >= 4 is 11.9 Å². The maximum Gasteiger partial charge on any atom is 0.338 e. The zero-order valence-corrected chi connectivity index (χ0v) is 19.7. The molecule has 0 saturated carbocycles. The minimum atomic E-state index is -1.86. The molecule has 0 bridgehead atoms. The summed E-state index contributed by atoms with van der Waals surface area (Å²) < 4.78 is 33.6. The Morgan fingerprint density at radius 2 is 1.56 bits per heavy atom. The SMILES string of the molecule is Cc1cn([C@@H]2O[C@H](COC(=O)c3ccccc3)[C@@](C)(COC(=O)c3ccccc3)[C@H]2F)c(=O)[nH]c1=O. The van der Waals surface area contributed by atoms with Crippen molar-refractivity contribution in [2.45, 2.75) is 32.4 Å². The number of halogens is 1. The Bertz CT molecular complexity index is 1360. The summed E-state index contributed by atoms with van der Waals surface area (Å²) in [6.07, 6.45) is -3.18. The van der Waals surface area contributed by atoms with Crippen molar-refractivity contribution in [3.63, 3.8) is 0 Å². The van der Waals surface area contributed by atoms with Gasteiger partial charge in [0.25, 0.3) is 5.56 Å². The Kier molecular flexibility index (Phi) is 7.16. The van der Waals surface area contributed by atoms with Gasteiger partial charge in [0, 0.05) is 11.8 Å². The Morgan fingerprint density at radius 1 is 1.00 bits per heavy atom. The van der Waals surface area contributed by atoms with E-state index in [-0.39, 0.29) is 17.7 Å². The average molecular weight is 496 g/mol. The number of aromatic nitrogens is 2. The first-order chi connectivity index (χ1) is 17.2. The monoisotopic (exact) mass is 496 g/mol. The Labute approximate surface area is 205 Å². The number of benzene rings is 2. The highest BCUT2D eigenvalue weighted by Gasteiger charge is 2.56. The summed E-state index contributed by atoms with van der Waals surface area (Å²) in [6, 6.07) is 16.4. The molecule has 2 aromatic carbocycles. The van der Waals surface area contributed by atoms with Crippen LogP contribution in [0.15, 0.2) is 76.4 Å². The van der Waals surface area contributed by atoms with Gasteiger partial charge in [-0.3, -0.25) is 14.3 Å². The number of H-pyrrole nitrogens is 1. The lowest BCUT2D eigenvalue weighted by Crippen LogP contribution is -2.43. The third-order valence-corrected chi connectivity index (χ3v) is 6.24. The topological polar surface area (TPSA) is 117 Å². The van der Waals surface area contributed by atoms with E-state index in [1.165, 1.54) is 20.0 Å². The molecule has 4 atom stereocenters. The van der Waals surface area contributed by atoms with Gasteiger partial charge in [0.1, 0.15) is 19.3 Å². The van der Waals surface area contributed by atoms with Gasteiger partial charge in [-0.2, -0.15) is 0 Å². The maximum absolute atomic E-state index is 16.0. The highest BCUT2D eigenvalue weighted by Crippen LogP contribution is 2.45. The van der Waals surface area contributed by atoms with E-state index in [2.05, 4.69) is 4.98 Å². The number of aromatic amines is 1. The van der Waals surface area contributed by atoms with Gasteiger partial charge in [-0.1, -0.05) is 43.3 Å². The predicted molar refractivity (Wildman–Crippen MR) is 126 cm³/mol. The molecule has 188 valence electrons. The fraction of sp³-hybridized carbons (Fsp3) is 0.308. The molecule has 2 heterocycles. The lowest BCUT2D eigenvalue weighted by atomic mass is 9.82. The van der Waals surface area contributed by atoms with Gasteiger partial charge >= 0.3 is 17.6 Å². The highest BCUT2D eigenvalue weighted by atomic mass is 19.1. The molecule has 10 heteroatoms. The van der Waals surface area contributed by atoms with Gasteiger partial charge in [0.05, 0.1) is 16.5 Å². The fourth-order valence-electron chi connectivity index (χ4n) is 3.97. The molecular weight excluding hydrogens is 471 g/mol. The number of hydrogen-bond donors (Lipinski definition) is 1. The van der Waals surface area contributed by atoms with Crippen molar-refractivity contribution in [1.82, 2.24) is 9.55 Å². The molecule has 1 aliphatic heterocycles. The van der Waals surface area contributed by atoms with Gasteiger partial charge in [0.15, 0.2) is 12.4 Å². The molecule has 0 unspecified atom stereocenters. The molecule has 0 radical (unpaired) electrons. The zero-order chi connectivity index (χ0) is 25.9. The molecule has 1 fully saturated rings. The number of nitrogens with zero attached hydrogens (tertiary/aromatic N) is 1. The van der Waals surface area contributed by atoms with E-state index in [0.29, 0.717) is 5.56 Å². The van der Waals surface area contributed by atoms with Gasteiger partial charge < -0.3 is 14.2 Å². The molecule has 4 rings (SSSR count). The van der Waals surface area contributed by atoms with E-state index in [1.807, 2.05) is 0 Å². The van der Waals surface area contributed by atoms with Crippen LogP contribution in [-0.4, -0.2) is 47.0 Å². The second kappa shape index (κ2) is 10.3. The molecule has 1 aromatic heterocycles. The van der Waals surface area contributed by atoms with Gasteiger partial charge in [-0.05, 0) is 31.2 Å². The van der Waals surface area contributed by atoms with Crippen LogP contribution in [0.4, 0.5) is 4.39 Å². The minimum absolute atomic E-state index is 0.182. The van der Waals surface area contributed by atoms with Crippen LogP contribution in [0.25, 0.3) is 0 Å². The van der Waals surface area contributed by atoms with Crippen molar-refractivity contribution in [2.24, 2.45) is 5.41 Å². The molecule has 1 aliphatic rings. The normalized spacial score (nSPS) is 23.2. The average Bonchev–Trinajstić information content (AvgIpc) is 3.14. The second-order valence-corrected chi connectivity index (χ2v) is 8.81.